The Hall–Kier alpha value is -3.20. The number of nitrogens with one attached hydrogen (secondary N) is 1. The zero-order valence-corrected chi connectivity index (χ0v) is 16.7. The average Bonchev–Trinajstić information content (AvgIpc) is 2.73. The molecular weight excluding hydrogens is 392 g/mol. The Morgan fingerprint density at radius 3 is 2.57 bits per heavy atom. The van der Waals surface area contributed by atoms with Crippen molar-refractivity contribution in [2.75, 3.05) is 23.0 Å². The smallest absolute Gasteiger partial charge is 0.387 e. The van der Waals surface area contributed by atoms with E-state index in [0.29, 0.717) is 11.8 Å². The number of benzene rings is 1. The highest BCUT2D eigenvalue weighted by molar-refractivity contribution is 5.77. The minimum Gasteiger partial charge on any atom is -0.435 e. The molecule has 1 aromatic carbocycles. The first-order chi connectivity index (χ1) is 14.5. The standard InChI is InChI=1S/C21H23F2N5O2/c1-14-11-27(12-15(2)29-14)21-24-9-8-19(26-21)28-13-17(7-10-25-28)16-3-5-18(6-4-16)30-20(22)23/h3-10,13-15,20,25H,11-12H2,1-2H3/t14-,15+. The molecule has 0 spiro atoms. The van der Waals surface area contributed by atoms with Crippen molar-refractivity contribution in [3.05, 3.63) is 60.6 Å². The predicted octanol–water partition coefficient (Wildman–Crippen LogP) is 3.57. The lowest BCUT2D eigenvalue weighted by atomic mass is 10.1. The summed E-state index contributed by atoms with van der Waals surface area (Å²) >= 11 is 0. The van der Waals surface area contributed by atoms with Crippen LogP contribution >= 0.6 is 0 Å². The van der Waals surface area contributed by atoms with Crippen molar-refractivity contribution >= 4 is 17.3 Å². The number of halogens is 2. The molecule has 3 heterocycles. The fraction of sp³-hybridized carbons (Fsp3) is 0.333. The van der Waals surface area contributed by atoms with Crippen LogP contribution in [-0.4, -0.2) is 41.9 Å². The third-order valence-electron chi connectivity index (χ3n) is 4.73. The molecule has 2 aliphatic rings. The Morgan fingerprint density at radius 2 is 1.87 bits per heavy atom. The Labute approximate surface area is 173 Å². The van der Waals surface area contributed by atoms with Gasteiger partial charge in [-0.2, -0.15) is 13.8 Å². The van der Waals surface area contributed by atoms with Crippen LogP contribution in [0.3, 0.4) is 0 Å². The van der Waals surface area contributed by atoms with Crippen LogP contribution in [0.2, 0.25) is 0 Å². The van der Waals surface area contributed by atoms with Crippen molar-refractivity contribution in [3.63, 3.8) is 0 Å². The summed E-state index contributed by atoms with van der Waals surface area (Å²) in [6.45, 7) is 2.70. The number of anilines is 2. The second kappa shape index (κ2) is 8.66. The van der Waals surface area contributed by atoms with Crippen molar-refractivity contribution in [2.45, 2.75) is 32.7 Å². The Balaban J connectivity index is 1.53. The van der Waals surface area contributed by atoms with E-state index in [1.165, 1.54) is 12.1 Å². The molecule has 4 rings (SSSR count). The summed E-state index contributed by atoms with van der Waals surface area (Å²) in [6, 6.07) is 8.33. The molecule has 1 fully saturated rings. The second-order valence-electron chi connectivity index (χ2n) is 7.20. The first-order valence-electron chi connectivity index (χ1n) is 9.70. The van der Waals surface area contributed by atoms with E-state index in [9.17, 15) is 8.78 Å². The molecule has 0 aliphatic carbocycles. The number of allylic oxidation sites excluding steroid dienone is 2. The third kappa shape index (κ3) is 4.68. The first-order valence-corrected chi connectivity index (χ1v) is 9.70. The van der Waals surface area contributed by atoms with E-state index in [1.807, 2.05) is 32.2 Å². The minimum atomic E-state index is -2.84. The Bertz CT molecular complexity index is 925. The molecule has 0 bridgehead atoms. The van der Waals surface area contributed by atoms with Gasteiger partial charge in [0.15, 0.2) is 5.82 Å². The third-order valence-corrected chi connectivity index (χ3v) is 4.73. The van der Waals surface area contributed by atoms with Gasteiger partial charge in [0.1, 0.15) is 5.75 Å². The van der Waals surface area contributed by atoms with Gasteiger partial charge in [-0.1, -0.05) is 12.1 Å². The lowest BCUT2D eigenvalue weighted by molar-refractivity contribution is -0.0498. The number of hydrogen-bond acceptors (Lipinski definition) is 7. The van der Waals surface area contributed by atoms with Crippen LogP contribution in [0.25, 0.3) is 5.57 Å². The van der Waals surface area contributed by atoms with E-state index in [0.717, 1.165) is 24.2 Å². The summed E-state index contributed by atoms with van der Waals surface area (Å²) in [4.78, 5) is 11.3. The van der Waals surface area contributed by atoms with E-state index in [2.05, 4.69) is 20.0 Å². The summed E-state index contributed by atoms with van der Waals surface area (Å²) in [5, 5.41) is 1.79. The number of morpholine rings is 1. The monoisotopic (exact) mass is 415 g/mol. The molecule has 2 atom stereocenters. The van der Waals surface area contributed by atoms with Crippen LogP contribution in [0.15, 0.2) is 55.0 Å². The van der Waals surface area contributed by atoms with Crippen molar-refractivity contribution in [1.29, 1.82) is 0 Å². The quantitative estimate of drug-likeness (QED) is 0.801. The summed E-state index contributed by atoms with van der Waals surface area (Å²) in [5.41, 5.74) is 4.90. The topological polar surface area (TPSA) is 62.8 Å². The van der Waals surface area contributed by atoms with Gasteiger partial charge in [-0.15, -0.1) is 0 Å². The number of nitrogens with zero attached hydrogens (tertiary/aromatic N) is 4. The van der Waals surface area contributed by atoms with Gasteiger partial charge in [0.25, 0.3) is 0 Å². The van der Waals surface area contributed by atoms with Crippen LogP contribution in [0, 0.1) is 0 Å². The van der Waals surface area contributed by atoms with Crippen molar-refractivity contribution in [3.8, 4) is 5.75 Å². The van der Waals surface area contributed by atoms with E-state index < -0.39 is 6.61 Å². The fourth-order valence-corrected chi connectivity index (χ4v) is 3.53. The Kier molecular flexibility index (Phi) is 5.80. The summed E-state index contributed by atoms with van der Waals surface area (Å²) in [7, 11) is 0. The molecule has 0 amide bonds. The highest BCUT2D eigenvalue weighted by atomic mass is 19.3. The molecule has 1 saturated heterocycles. The second-order valence-corrected chi connectivity index (χ2v) is 7.20. The molecule has 2 aromatic rings. The molecule has 2 aliphatic heterocycles. The maximum Gasteiger partial charge on any atom is 0.387 e. The lowest BCUT2D eigenvalue weighted by Crippen LogP contribution is -2.46. The zero-order chi connectivity index (χ0) is 21.1. The van der Waals surface area contributed by atoms with Gasteiger partial charge in [-0.3, -0.25) is 0 Å². The van der Waals surface area contributed by atoms with E-state index in [-0.39, 0.29) is 18.0 Å². The number of alkyl halides is 2. The fourth-order valence-electron chi connectivity index (χ4n) is 3.53. The molecule has 7 nitrogen and oxygen atoms in total. The van der Waals surface area contributed by atoms with E-state index in [4.69, 9.17) is 9.72 Å². The molecule has 158 valence electrons. The number of aromatic nitrogens is 2. The number of hydrogen-bond donors (Lipinski definition) is 1. The van der Waals surface area contributed by atoms with Gasteiger partial charge >= 0.3 is 6.61 Å². The lowest BCUT2D eigenvalue weighted by Gasteiger charge is -2.35. The van der Waals surface area contributed by atoms with Crippen LogP contribution in [0.5, 0.6) is 5.75 Å². The van der Waals surface area contributed by atoms with Crippen molar-refractivity contribution in [1.82, 2.24) is 15.4 Å². The van der Waals surface area contributed by atoms with Crippen LogP contribution in [0.4, 0.5) is 20.5 Å². The molecule has 0 saturated carbocycles. The van der Waals surface area contributed by atoms with Gasteiger partial charge < -0.3 is 19.8 Å². The molecule has 1 N–H and O–H groups in total. The van der Waals surface area contributed by atoms with Crippen LogP contribution in [0.1, 0.15) is 19.4 Å². The number of ether oxygens (including phenoxy) is 2. The predicted molar refractivity (Wildman–Crippen MR) is 110 cm³/mol. The highest BCUT2D eigenvalue weighted by Gasteiger charge is 2.24. The van der Waals surface area contributed by atoms with E-state index in [1.54, 1.807) is 29.5 Å². The van der Waals surface area contributed by atoms with Gasteiger partial charge in [0.05, 0.1) is 12.2 Å². The normalized spacial score (nSPS) is 21.4. The van der Waals surface area contributed by atoms with Gasteiger partial charge in [0.2, 0.25) is 5.95 Å². The van der Waals surface area contributed by atoms with Crippen LogP contribution in [-0.2, 0) is 4.74 Å². The molecule has 9 heteroatoms. The largest absolute Gasteiger partial charge is 0.435 e. The molecule has 1 aromatic heterocycles. The highest BCUT2D eigenvalue weighted by Crippen LogP contribution is 2.25. The van der Waals surface area contributed by atoms with Gasteiger partial charge in [-0.25, -0.2) is 9.99 Å². The number of hydrazine groups is 1. The molecular formula is C21H23F2N5O2. The first kappa shape index (κ1) is 20.1. The van der Waals surface area contributed by atoms with Crippen molar-refractivity contribution < 1.29 is 18.3 Å². The molecule has 30 heavy (non-hydrogen) atoms. The van der Waals surface area contributed by atoms with E-state index >= 15 is 0 Å². The minimum absolute atomic E-state index is 0.112. The summed E-state index contributed by atoms with van der Waals surface area (Å²) < 4.78 is 34.9. The van der Waals surface area contributed by atoms with Gasteiger partial charge in [0, 0.05) is 43.3 Å². The Morgan fingerprint density at radius 1 is 1.13 bits per heavy atom. The molecule has 0 unspecified atom stereocenters. The van der Waals surface area contributed by atoms with Crippen LogP contribution < -0.4 is 20.1 Å². The zero-order valence-electron chi connectivity index (χ0n) is 16.7. The SMILES string of the molecule is C[C@@H]1CN(c2nccc(N3C=C(c4ccc(OC(F)F)cc4)C=CN3)n2)C[C@H](C)O1. The summed E-state index contributed by atoms with van der Waals surface area (Å²) in [5.74, 6) is 1.46. The van der Waals surface area contributed by atoms with Crippen molar-refractivity contribution in [2.24, 2.45) is 0 Å². The average molecular weight is 415 g/mol. The van der Waals surface area contributed by atoms with Gasteiger partial charge in [-0.05, 0) is 37.6 Å². The number of rotatable bonds is 5. The maximum absolute atomic E-state index is 12.3. The summed E-state index contributed by atoms with van der Waals surface area (Å²) in [6.07, 6.45) is 7.53. The maximum atomic E-state index is 12.3. The molecule has 0 radical (unpaired) electrons.